The highest BCUT2D eigenvalue weighted by atomic mass is 16.3. The lowest BCUT2D eigenvalue weighted by molar-refractivity contribution is 0.669. The van der Waals surface area contributed by atoms with Gasteiger partial charge in [0, 0.05) is 43.7 Å². The second-order valence-corrected chi connectivity index (χ2v) is 12.5. The average molecular weight is 639 g/mol. The second kappa shape index (κ2) is 11.0. The standard InChI is InChI=1S/C45H26N4O/c46-27-30-11-4-5-14-32(30)44-34-16-6-8-18-38(34)47-45(48-44)35-17-10-20-42-43(35)37-26-29(22-24-41(37)50-42)28-21-23-40-36(25-28)33-15-7-9-19-39(33)49(40)31-12-2-1-3-13-31/h1-26H. The van der Waals surface area contributed by atoms with Crippen molar-refractivity contribution in [2.24, 2.45) is 0 Å². The average Bonchev–Trinajstić information content (AvgIpc) is 3.73. The Morgan fingerprint density at radius 1 is 0.520 bits per heavy atom. The van der Waals surface area contributed by atoms with Gasteiger partial charge in [0.05, 0.1) is 33.9 Å². The molecule has 50 heavy (non-hydrogen) atoms. The van der Waals surface area contributed by atoms with Gasteiger partial charge < -0.3 is 8.98 Å². The molecular weight excluding hydrogens is 613 g/mol. The zero-order chi connectivity index (χ0) is 33.2. The number of hydrogen-bond acceptors (Lipinski definition) is 4. The van der Waals surface area contributed by atoms with E-state index >= 15 is 0 Å². The summed E-state index contributed by atoms with van der Waals surface area (Å²) < 4.78 is 8.76. The fourth-order valence-electron chi connectivity index (χ4n) is 7.39. The van der Waals surface area contributed by atoms with Crippen LogP contribution in [-0.4, -0.2) is 14.5 Å². The third kappa shape index (κ3) is 4.26. The van der Waals surface area contributed by atoms with Gasteiger partial charge in [-0.3, -0.25) is 0 Å². The van der Waals surface area contributed by atoms with Gasteiger partial charge in [-0.05, 0) is 71.8 Å². The van der Waals surface area contributed by atoms with Crippen LogP contribution in [0.4, 0.5) is 0 Å². The minimum absolute atomic E-state index is 0.572. The van der Waals surface area contributed by atoms with Gasteiger partial charge >= 0.3 is 0 Å². The maximum Gasteiger partial charge on any atom is 0.161 e. The second-order valence-electron chi connectivity index (χ2n) is 12.5. The Labute approximate surface area is 286 Å². The van der Waals surface area contributed by atoms with Crippen molar-refractivity contribution in [2.75, 3.05) is 0 Å². The van der Waals surface area contributed by atoms with Crippen LogP contribution in [0.3, 0.4) is 0 Å². The Bertz CT molecular complexity index is 3000. The molecule has 0 atom stereocenters. The third-order valence-electron chi connectivity index (χ3n) is 9.66. The summed E-state index contributed by atoms with van der Waals surface area (Å²) in [6.45, 7) is 0. The number of nitrogens with zero attached hydrogens (tertiary/aromatic N) is 4. The van der Waals surface area contributed by atoms with Gasteiger partial charge in [-0.1, -0.05) is 97.1 Å². The maximum absolute atomic E-state index is 9.95. The summed E-state index contributed by atoms with van der Waals surface area (Å²) >= 11 is 0. The van der Waals surface area contributed by atoms with E-state index in [-0.39, 0.29) is 0 Å². The Morgan fingerprint density at radius 2 is 1.22 bits per heavy atom. The molecule has 0 aliphatic heterocycles. The Kier molecular flexibility index (Phi) is 6.17. The minimum atomic E-state index is 0.572. The van der Waals surface area contributed by atoms with E-state index in [0.29, 0.717) is 11.4 Å². The molecule has 232 valence electrons. The zero-order valence-corrected chi connectivity index (χ0v) is 26.7. The van der Waals surface area contributed by atoms with Crippen molar-refractivity contribution in [3.63, 3.8) is 0 Å². The number of rotatable bonds is 4. The predicted octanol–water partition coefficient (Wildman–Crippen LogP) is 11.5. The van der Waals surface area contributed by atoms with Gasteiger partial charge in [-0.25, -0.2) is 9.97 Å². The van der Waals surface area contributed by atoms with Gasteiger partial charge in [0.2, 0.25) is 0 Å². The fourth-order valence-corrected chi connectivity index (χ4v) is 7.39. The monoisotopic (exact) mass is 638 g/mol. The van der Waals surface area contributed by atoms with E-state index in [1.54, 1.807) is 0 Å². The van der Waals surface area contributed by atoms with Crippen molar-refractivity contribution in [3.05, 3.63) is 163 Å². The molecule has 3 aromatic heterocycles. The third-order valence-corrected chi connectivity index (χ3v) is 9.66. The fraction of sp³-hybridized carbons (Fsp3) is 0. The first-order chi connectivity index (χ1) is 24.7. The molecule has 10 aromatic rings. The normalized spacial score (nSPS) is 11.6. The lowest BCUT2D eigenvalue weighted by atomic mass is 9.98. The lowest BCUT2D eigenvalue weighted by Crippen LogP contribution is -1.97. The van der Waals surface area contributed by atoms with Gasteiger partial charge in [0.25, 0.3) is 0 Å². The van der Waals surface area contributed by atoms with Crippen LogP contribution in [0.1, 0.15) is 5.56 Å². The molecule has 5 heteroatoms. The minimum Gasteiger partial charge on any atom is -0.456 e. The number of aromatic nitrogens is 3. The topological polar surface area (TPSA) is 67.6 Å². The Morgan fingerprint density at radius 3 is 2.10 bits per heavy atom. The van der Waals surface area contributed by atoms with Gasteiger partial charge in [0.1, 0.15) is 11.2 Å². The van der Waals surface area contributed by atoms with Crippen LogP contribution < -0.4 is 0 Å². The molecule has 0 aliphatic rings. The quantitative estimate of drug-likeness (QED) is 0.192. The molecule has 0 saturated heterocycles. The number of nitriles is 1. The van der Waals surface area contributed by atoms with E-state index in [9.17, 15) is 5.26 Å². The van der Waals surface area contributed by atoms with Crippen LogP contribution in [0.5, 0.6) is 0 Å². The molecule has 0 aliphatic carbocycles. The zero-order valence-electron chi connectivity index (χ0n) is 26.7. The number of fused-ring (bicyclic) bond motifs is 7. The summed E-state index contributed by atoms with van der Waals surface area (Å²) in [6, 6.07) is 56.2. The van der Waals surface area contributed by atoms with Crippen molar-refractivity contribution in [3.8, 4) is 45.5 Å². The number of furan rings is 1. The number of benzene rings is 7. The van der Waals surface area contributed by atoms with E-state index in [1.165, 1.54) is 21.8 Å². The molecule has 5 nitrogen and oxygen atoms in total. The summed E-state index contributed by atoms with van der Waals surface area (Å²) in [5.41, 5.74) is 11.1. The molecule has 0 fully saturated rings. The highest BCUT2D eigenvalue weighted by Crippen LogP contribution is 2.40. The maximum atomic E-state index is 9.95. The summed E-state index contributed by atoms with van der Waals surface area (Å²) in [5.74, 6) is 0.584. The van der Waals surface area contributed by atoms with E-state index in [1.807, 2.05) is 60.7 Å². The van der Waals surface area contributed by atoms with E-state index in [4.69, 9.17) is 14.4 Å². The van der Waals surface area contributed by atoms with Crippen LogP contribution in [0.25, 0.3) is 94.1 Å². The van der Waals surface area contributed by atoms with Gasteiger partial charge in [-0.15, -0.1) is 0 Å². The van der Waals surface area contributed by atoms with E-state index < -0.39 is 0 Å². The van der Waals surface area contributed by atoms with Crippen LogP contribution in [0.15, 0.2) is 162 Å². The van der Waals surface area contributed by atoms with Crippen molar-refractivity contribution < 1.29 is 4.42 Å². The Balaban J connectivity index is 1.18. The molecule has 0 amide bonds. The molecule has 10 rings (SSSR count). The van der Waals surface area contributed by atoms with Crippen LogP contribution in [0, 0.1) is 11.3 Å². The molecule has 0 bridgehead atoms. The molecule has 0 N–H and O–H groups in total. The van der Waals surface area contributed by atoms with Crippen LogP contribution >= 0.6 is 0 Å². The SMILES string of the molecule is N#Cc1ccccc1-c1nc(-c2cccc3oc4ccc(-c5ccc6c(c5)c5ccccc5n6-c5ccccc5)cc4c23)nc2ccccc12. The molecule has 0 unspecified atom stereocenters. The molecular formula is C45H26N4O. The van der Waals surface area contributed by atoms with Gasteiger partial charge in [-0.2, -0.15) is 5.26 Å². The van der Waals surface area contributed by atoms with Crippen molar-refractivity contribution >= 4 is 54.6 Å². The lowest BCUT2D eigenvalue weighted by Gasteiger charge is -2.11. The first kappa shape index (κ1) is 28.0. The van der Waals surface area contributed by atoms with Crippen molar-refractivity contribution in [1.82, 2.24) is 14.5 Å². The highest BCUT2D eigenvalue weighted by molar-refractivity contribution is 6.14. The van der Waals surface area contributed by atoms with Crippen LogP contribution in [0.2, 0.25) is 0 Å². The van der Waals surface area contributed by atoms with E-state index in [0.717, 1.165) is 66.5 Å². The van der Waals surface area contributed by atoms with E-state index in [2.05, 4.69) is 108 Å². The molecule has 0 radical (unpaired) electrons. The number of para-hydroxylation sites is 3. The van der Waals surface area contributed by atoms with Crippen molar-refractivity contribution in [1.29, 1.82) is 5.26 Å². The molecule has 0 saturated carbocycles. The highest BCUT2D eigenvalue weighted by Gasteiger charge is 2.19. The molecule has 0 spiro atoms. The molecule has 7 aromatic carbocycles. The summed E-state index contributed by atoms with van der Waals surface area (Å²) in [6.07, 6.45) is 0. The largest absolute Gasteiger partial charge is 0.456 e. The summed E-state index contributed by atoms with van der Waals surface area (Å²) in [4.78, 5) is 10.2. The summed E-state index contributed by atoms with van der Waals surface area (Å²) in [7, 11) is 0. The first-order valence-electron chi connectivity index (χ1n) is 16.6. The first-order valence-corrected chi connectivity index (χ1v) is 16.6. The van der Waals surface area contributed by atoms with Crippen LogP contribution in [-0.2, 0) is 0 Å². The smallest absolute Gasteiger partial charge is 0.161 e. The predicted molar refractivity (Wildman–Crippen MR) is 202 cm³/mol. The number of hydrogen-bond donors (Lipinski definition) is 0. The summed E-state index contributed by atoms with van der Waals surface area (Å²) in [5, 5.41) is 15.2. The van der Waals surface area contributed by atoms with Crippen molar-refractivity contribution in [2.45, 2.75) is 0 Å². The van der Waals surface area contributed by atoms with Gasteiger partial charge in [0.15, 0.2) is 5.82 Å². The Hall–Kier alpha value is -7.03. The molecule has 3 heterocycles.